The zero-order chi connectivity index (χ0) is 12.8. The molecule has 3 saturated heterocycles. The number of nitrogens with zero attached hydrogens (tertiary/aromatic N) is 2. The number of hydrogen-bond donors (Lipinski definition) is 1. The Kier molecular flexibility index (Phi) is 3.08. The van der Waals surface area contributed by atoms with Gasteiger partial charge in [-0.1, -0.05) is 0 Å². The molecule has 3 aliphatic heterocycles. The normalized spacial score (nSPS) is 42.1. The zero-order valence-corrected chi connectivity index (χ0v) is 11.0. The molecule has 3 heterocycles. The molecule has 0 spiro atoms. The summed E-state index contributed by atoms with van der Waals surface area (Å²) in [5.74, 6) is -0.630. The Morgan fingerprint density at radius 1 is 1.22 bits per heavy atom. The molecule has 3 fully saturated rings. The van der Waals surface area contributed by atoms with E-state index in [2.05, 4.69) is 16.8 Å². The minimum absolute atomic E-state index is 0.447. The average molecular weight is 254 g/mol. The van der Waals surface area contributed by atoms with Gasteiger partial charge in [0.15, 0.2) is 0 Å². The van der Waals surface area contributed by atoms with E-state index in [1.54, 1.807) is 0 Å². The van der Waals surface area contributed by atoms with Crippen LogP contribution in [0.4, 0.5) is 0 Å². The number of aliphatic carboxylic acids is 1. The molecule has 0 aromatic heterocycles. The van der Waals surface area contributed by atoms with Crippen LogP contribution in [-0.2, 0) is 9.53 Å². The molecule has 1 N–H and O–H groups in total. The maximum Gasteiger partial charge on any atom is 0.324 e. The monoisotopic (exact) mass is 254 g/mol. The lowest BCUT2D eigenvalue weighted by Gasteiger charge is -2.49. The third-order valence-electron chi connectivity index (χ3n) is 5.15. The van der Waals surface area contributed by atoms with E-state index in [4.69, 9.17) is 4.74 Å². The molecule has 2 bridgehead atoms. The van der Waals surface area contributed by atoms with Gasteiger partial charge < -0.3 is 14.7 Å². The molecule has 0 saturated carbocycles. The van der Waals surface area contributed by atoms with E-state index in [-0.39, 0.29) is 0 Å². The second-order valence-electron chi connectivity index (χ2n) is 5.89. The predicted molar refractivity (Wildman–Crippen MR) is 66.6 cm³/mol. The van der Waals surface area contributed by atoms with E-state index >= 15 is 0 Å². The first-order chi connectivity index (χ1) is 8.63. The molecular formula is C13H22N2O3. The van der Waals surface area contributed by atoms with Gasteiger partial charge in [0, 0.05) is 25.2 Å². The molecule has 5 nitrogen and oxygen atoms in total. The van der Waals surface area contributed by atoms with Crippen LogP contribution in [0.25, 0.3) is 0 Å². The van der Waals surface area contributed by atoms with Crippen LogP contribution in [0.15, 0.2) is 0 Å². The van der Waals surface area contributed by atoms with Crippen LogP contribution in [0.2, 0.25) is 0 Å². The molecule has 2 atom stereocenters. The molecule has 3 rings (SSSR count). The van der Waals surface area contributed by atoms with Crippen molar-refractivity contribution in [3.63, 3.8) is 0 Å². The summed E-state index contributed by atoms with van der Waals surface area (Å²) in [6.45, 7) is 2.85. The largest absolute Gasteiger partial charge is 0.480 e. The number of morpholine rings is 1. The number of piperidine rings is 1. The Hall–Kier alpha value is -0.650. The lowest BCUT2D eigenvalue weighted by molar-refractivity contribution is -0.161. The highest BCUT2D eigenvalue weighted by atomic mass is 16.5. The van der Waals surface area contributed by atoms with E-state index in [1.807, 2.05) is 0 Å². The van der Waals surface area contributed by atoms with Gasteiger partial charge in [-0.3, -0.25) is 9.69 Å². The van der Waals surface area contributed by atoms with Crippen LogP contribution in [0.3, 0.4) is 0 Å². The Morgan fingerprint density at radius 3 is 2.28 bits per heavy atom. The Balaban J connectivity index is 1.86. The van der Waals surface area contributed by atoms with Crippen molar-refractivity contribution >= 4 is 5.97 Å². The maximum atomic E-state index is 11.9. The molecule has 0 radical (unpaired) electrons. The third-order valence-corrected chi connectivity index (χ3v) is 5.15. The van der Waals surface area contributed by atoms with Crippen molar-refractivity contribution in [2.45, 2.75) is 43.3 Å². The molecule has 2 unspecified atom stereocenters. The van der Waals surface area contributed by atoms with Gasteiger partial charge >= 0.3 is 5.97 Å². The molecule has 3 aliphatic rings. The summed E-state index contributed by atoms with van der Waals surface area (Å²) in [6.07, 6.45) is 3.85. The van der Waals surface area contributed by atoms with Crippen molar-refractivity contribution in [1.29, 1.82) is 0 Å². The van der Waals surface area contributed by atoms with Gasteiger partial charge in [-0.25, -0.2) is 0 Å². The summed E-state index contributed by atoms with van der Waals surface area (Å²) >= 11 is 0. The smallest absolute Gasteiger partial charge is 0.324 e. The topological polar surface area (TPSA) is 53.0 Å². The van der Waals surface area contributed by atoms with Crippen LogP contribution in [0, 0.1) is 0 Å². The highest BCUT2D eigenvalue weighted by Gasteiger charge is 2.54. The summed E-state index contributed by atoms with van der Waals surface area (Å²) in [5.41, 5.74) is -0.637. The quantitative estimate of drug-likeness (QED) is 0.773. The number of hydrogen-bond acceptors (Lipinski definition) is 4. The molecular weight excluding hydrogens is 232 g/mol. The standard InChI is InChI=1S/C13H22N2O3/c1-14-10-2-3-11(14)9-13(8-10,12(16)17)15-4-6-18-7-5-15/h10-11H,2-9H2,1H3,(H,16,17). The summed E-state index contributed by atoms with van der Waals surface area (Å²) in [6, 6.07) is 0.894. The third kappa shape index (κ3) is 1.76. The second-order valence-corrected chi connectivity index (χ2v) is 5.89. The zero-order valence-electron chi connectivity index (χ0n) is 11.0. The van der Waals surface area contributed by atoms with Gasteiger partial charge in [0.05, 0.1) is 13.2 Å². The summed E-state index contributed by atoms with van der Waals surface area (Å²) in [7, 11) is 2.15. The lowest BCUT2D eigenvalue weighted by Crippen LogP contribution is -2.64. The van der Waals surface area contributed by atoms with E-state index in [0.717, 1.165) is 38.8 Å². The van der Waals surface area contributed by atoms with E-state index in [1.165, 1.54) is 0 Å². The molecule has 0 aromatic carbocycles. The fraction of sp³-hybridized carbons (Fsp3) is 0.923. The van der Waals surface area contributed by atoms with Crippen LogP contribution in [-0.4, -0.2) is 71.8 Å². The highest BCUT2D eigenvalue weighted by molar-refractivity contribution is 5.79. The average Bonchev–Trinajstić information content (AvgIpc) is 2.63. The Morgan fingerprint density at radius 2 is 1.78 bits per heavy atom. The number of fused-ring (bicyclic) bond motifs is 2. The molecule has 18 heavy (non-hydrogen) atoms. The SMILES string of the molecule is CN1C2CCC1CC(C(=O)O)(N1CCOCC1)C2. The number of rotatable bonds is 2. The fourth-order valence-corrected chi connectivity index (χ4v) is 4.00. The Bertz CT molecular complexity index is 327. The first-order valence-electron chi connectivity index (χ1n) is 6.91. The van der Waals surface area contributed by atoms with Gasteiger partial charge in [0.1, 0.15) is 5.54 Å². The minimum Gasteiger partial charge on any atom is -0.480 e. The first kappa shape index (κ1) is 12.4. The number of carbonyl (C=O) groups is 1. The molecule has 102 valence electrons. The summed E-state index contributed by atoms with van der Waals surface area (Å²) in [5, 5.41) is 9.79. The number of carboxylic acid groups (broad SMARTS) is 1. The molecule has 0 aromatic rings. The van der Waals surface area contributed by atoms with Crippen molar-refractivity contribution in [3.05, 3.63) is 0 Å². The van der Waals surface area contributed by atoms with Gasteiger partial charge in [-0.05, 0) is 32.7 Å². The van der Waals surface area contributed by atoms with E-state index in [0.29, 0.717) is 25.3 Å². The number of ether oxygens (including phenoxy) is 1. The van der Waals surface area contributed by atoms with Gasteiger partial charge in [0.25, 0.3) is 0 Å². The lowest BCUT2D eigenvalue weighted by atomic mass is 9.81. The second kappa shape index (κ2) is 4.47. The van der Waals surface area contributed by atoms with Crippen LogP contribution in [0.1, 0.15) is 25.7 Å². The van der Waals surface area contributed by atoms with E-state index in [9.17, 15) is 9.90 Å². The first-order valence-corrected chi connectivity index (χ1v) is 6.91. The molecule has 5 heteroatoms. The minimum atomic E-state index is -0.637. The summed E-state index contributed by atoms with van der Waals surface area (Å²) in [4.78, 5) is 16.5. The van der Waals surface area contributed by atoms with Gasteiger partial charge in [-0.2, -0.15) is 0 Å². The van der Waals surface area contributed by atoms with Gasteiger partial charge in [0.2, 0.25) is 0 Å². The fourth-order valence-electron chi connectivity index (χ4n) is 4.00. The van der Waals surface area contributed by atoms with Crippen molar-refractivity contribution in [2.24, 2.45) is 0 Å². The highest BCUT2D eigenvalue weighted by Crippen LogP contribution is 2.43. The van der Waals surface area contributed by atoms with E-state index < -0.39 is 11.5 Å². The van der Waals surface area contributed by atoms with Crippen molar-refractivity contribution in [3.8, 4) is 0 Å². The van der Waals surface area contributed by atoms with Crippen molar-refractivity contribution in [1.82, 2.24) is 9.80 Å². The van der Waals surface area contributed by atoms with Crippen molar-refractivity contribution in [2.75, 3.05) is 33.4 Å². The number of carboxylic acids is 1. The molecule has 0 aliphatic carbocycles. The van der Waals surface area contributed by atoms with Crippen LogP contribution >= 0.6 is 0 Å². The molecule has 0 amide bonds. The van der Waals surface area contributed by atoms with Crippen LogP contribution in [0.5, 0.6) is 0 Å². The predicted octanol–water partition coefficient (Wildman–Crippen LogP) is 0.399. The van der Waals surface area contributed by atoms with Crippen molar-refractivity contribution < 1.29 is 14.6 Å². The summed E-state index contributed by atoms with van der Waals surface area (Å²) < 4.78 is 5.36. The van der Waals surface area contributed by atoms with Gasteiger partial charge in [-0.15, -0.1) is 0 Å². The Labute approximate surface area is 108 Å². The maximum absolute atomic E-state index is 11.9. The van der Waals surface area contributed by atoms with Crippen LogP contribution < -0.4 is 0 Å².